The highest BCUT2D eigenvalue weighted by Crippen LogP contribution is 2.44. The summed E-state index contributed by atoms with van der Waals surface area (Å²) in [4.78, 5) is 26.2. The van der Waals surface area contributed by atoms with Crippen LogP contribution in [-0.4, -0.2) is 47.0 Å². The maximum absolute atomic E-state index is 13.1. The van der Waals surface area contributed by atoms with Gasteiger partial charge in [0.15, 0.2) is 4.34 Å². The third kappa shape index (κ3) is 4.99. The molecule has 1 unspecified atom stereocenters. The number of hydrogen-bond acceptors (Lipinski definition) is 8. The molecule has 29 heavy (non-hydrogen) atoms. The molecule has 1 atom stereocenters. The number of anilines is 1. The molecule has 2 aromatic rings. The number of thioether (sulfide) groups is 1. The average Bonchev–Trinajstić information content (AvgIpc) is 3.52. The highest BCUT2D eigenvalue weighted by atomic mass is 32.2. The minimum Gasteiger partial charge on any atom is -0.376 e. The van der Waals surface area contributed by atoms with E-state index in [4.69, 9.17) is 4.74 Å². The van der Waals surface area contributed by atoms with Crippen molar-refractivity contribution in [3.8, 4) is 0 Å². The lowest BCUT2D eigenvalue weighted by molar-refractivity contribution is -0.121. The van der Waals surface area contributed by atoms with Crippen molar-refractivity contribution in [2.75, 3.05) is 24.2 Å². The fraction of sp³-hybridized carbons (Fsp3) is 0.579. The van der Waals surface area contributed by atoms with Crippen molar-refractivity contribution in [3.05, 3.63) is 22.4 Å². The monoisotopic (exact) mass is 452 g/mol. The Labute approximate surface area is 182 Å². The van der Waals surface area contributed by atoms with Gasteiger partial charge in [0.05, 0.1) is 17.3 Å². The summed E-state index contributed by atoms with van der Waals surface area (Å²) in [5, 5.41) is 16.6. The van der Waals surface area contributed by atoms with E-state index in [1.165, 1.54) is 23.1 Å². The standard InChI is InChI=1S/C19H24N4O3S3/c24-15(20-11-13-5-3-9-26-13)12-28-18-23-22-17(29-18)21-16(25)19(7-1-2-8-19)14-6-4-10-27-14/h4,6,10,13H,1-3,5,7-9,11-12H2,(H,20,24)(H,21,22,25). The van der Waals surface area contributed by atoms with Crippen LogP contribution in [-0.2, 0) is 19.7 Å². The summed E-state index contributed by atoms with van der Waals surface area (Å²) in [5.41, 5.74) is -0.449. The molecule has 2 N–H and O–H groups in total. The number of ether oxygens (including phenoxy) is 1. The summed E-state index contributed by atoms with van der Waals surface area (Å²) in [7, 11) is 0. The molecule has 3 heterocycles. The van der Waals surface area contributed by atoms with Gasteiger partial charge in [-0.15, -0.1) is 21.5 Å². The number of carbonyl (C=O) groups excluding carboxylic acids is 2. The number of amides is 2. The van der Waals surface area contributed by atoms with Crippen LogP contribution >= 0.6 is 34.4 Å². The normalized spacial score (nSPS) is 20.6. The molecule has 7 nitrogen and oxygen atoms in total. The summed E-state index contributed by atoms with van der Waals surface area (Å²) < 4.78 is 6.17. The topological polar surface area (TPSA) is 93.2 Å². The number of thiophene rings is 1. The van der Waals surface area contributed by atoms with Crippen molar-refractivity contribution in [2.45, 2.75) is 54.4 Å². The lowest BCUT2D eigenvalue weighted by atomic mass is 9.83. The molecule has 1 saturated carbocycles. The molecule has 0 aromatic carbocycles. The van der Waals surface area contributed by atoms with Crippen LogP contribution in [0.4, 0.5) is 5.13 Å². The lowest BCUT2D eigenvalue weighted by Gasteiger charge is -2.25. The first-order chi connectivity index (χ1) is 14.2. The van der Waals surface area contributed by atoms with Crippen molar-refractivity contribution in [1.82, 2.24) is 15.5 Å². The first-order valence-electron chi connectivity index (χ1n) is 9.86. The minimum atomic E-state index is -0.449. The van der Waals surface area contributed by atoms with Crippen LogP contribution in [0, 0.1) is 0 Å². The Kier molecular flexibility index (Phi) is 6.84. The molecule has 2 aliphatic rings. The molecule has 1 saturated heterocycles. The second-order valence-electron chi connectivity index (χ2n) is 7.32. The van der Waals surface area contributed by atoms with E-state index in [2.05, 4.69) is 20.8 Å². The number of aromatic nitrogens is 2. The van der Waals surface area contributed by atoms with Crippen LogP contribution in [0.25, 0.3) is 0 Å². The first kappa shape index (κ1) is 20.8. The SMILES string of the molecule is O=C(CSc1nnc(NC(=O)C2(c3cccs3)CCCC2)s1)NCC1CCCO1. The number of rotatable bonds is 8. The van der Waals surface area contributed by atoms with Crippen molar-refractivity contribution in [2.24, 2.45) is 0 Å². The predicted molar refractivity (Wildman–Crippen MR) is 116 cm³/mol. The van der Waals surface area contributed by atoms with Crippen LogP contribution in [0.15, 0.2) is 21.9 Å². The molecule has 2 fully saturated rings. The van der Waals surface area contributed by atoms with E-state index < -0.39 is 5.41 Å². The van der Waals surface area contributed by atoms with Crippen molar-refractivity contribution in [1.29, 1.82) is 0 Å². The molecular weight excluding hydrogens is 428 g/mol. The quantitative estimate of drug-likeness (QED) is 0.471. The molecule has 1 aliphatic heterocycles. The number of carbonyl (C=O) groups is 2. The van der Waals surface area contributed by atoms with Crippen molar-refractivity contribution >= 4 is 51.4 Å². The van der Waals surface area contributed by atoms with Crippen LogP contribution in [0.5, 0.6) is 0 Å². The van der Waals surface area contributed by atoms with E-state index >= 15 is 0 Å². The van der Waals surface area contributed by atoms with E-state index in [0.29, 0.717) is 16.0 Å². The van der Waals surface area contributed by atoms with Gasteiger partial charge in [-0.3, -0.25) is 14.9 Å². The van der Waals surface area contributed by atoms with Gasteiger partial charge in [-0.25, -0.2) is 0 Å². The third-order valence-corrected chi connectivity index (χ3v) is 8.44. The average molecular weight is 453 g/mol. The Morgan fingerprint density at radius 1 is 1.28 bits per heavy atom. The van der Waals surface area contributed by atoms with Crippen LogP contribution in [0.1, 0.15) is 43.4 Å². The molecular formula is C19H24N4O3S3. The predicted octanol–water partition coefficient (Wildman–Crippen LogP) is 3.44. The summed E-state index contributed by atoms with van der Waals surface area (Å²) in [6.07, 6.45) is 6.04. The van der Waals surface area contributed by atoms with Gasteiger partial charge in [-0.1, -0.05) is 42.0 Å². The Bertz CT molecular complexity index is 828. The van der Waals surface area contributed by atoms with Crippen molar-refractivity contribution < 1.29 is 14.3 Å². The zero-order valence-electron chi connectivity index (χ0n) is 16.0. The van der Waals surface area contributed by atoms with Crippen molar-refractivity contribution in [3.63, 3.8) is 0 Å². The summed E-state index contributed by atoms with van der Waals surface area (Å²) in [6.45, 7) is 1.34. The summed E-state index contributed by atoms with van der Waals surface area (Å²) in [6, 6.07) is 4.04. The highest BCUT2D eigenvalue weighted by Gasteiger charge is 2.43. The molecule has 156 valence electrons. The van der Waals surface area contributed by atoms with Crippen LogP contribution < -0.4 is 10.6 Å². The molecule has 1 aliphatic carbocycles. The summed E-state index contributed by atoms with van der Waals surface area (Å²) in [5.74, 6) is 0.224. The molecule has 0 radical (unpaired) electrons. The third-order valence-electron chi connectivity index (χ3n) is 5.39. The molecule has 2 amide bonds. The fourth-order valence-corrected chi connectivity index (χ4v) is 6.42. The maximum atomic E-state index is 13.1. The van der Waals surface area contributed by atoms with E-state index in [0.717, 1.165) is 50.0 Å². The maximum Gasteiger partial charge on any atom is 0.237 e. The minimum absolute atomic E-state index is 0.000503. The largest absolute Gasteiger partial charge is 0.376 e. The van der Waals surface area contributed by atoms with E-state index in [1.54, 1.807) is 11.3 Å². The molecule has 2 aromatic heterocycles. The molecule has 0 bridgehead atoms. The smallest absolute Gasteiger partial charge is 0.237 e. The van der Waals surface area contributed by atoms with E-state index in [-0.39, 0.29) is 23.7 Å². The van der Waals surface area contributed by atoms with E-state index in [9.17, 15) is 9.59 Å². The van der Waals surface area contributed by atoms with Crippen LogP contribution in [0.2, 0.25) is 0 Å². The molecule has 4 rings (SSSR count). The van der Waals surface area contributed by atoms with Gasteiger partial charge >= 0.3 is 0 Å². The van der Waals surface area contributed by atoms with Gasteiger partial charge in [0.2, 0.25) is 16.9 Å². The number of nitrogens with zero attached hydrogens (tertiary/aromatic N) is 2. The van der Waals surface area contributed by atoms with Gasteiger partial charge in [0, 0.05) is 18.0 Å². The first-order valence-corrected chi connectivity index (χ1v) is 12.5. The lowest BCUT2D eigenvalue weighted by Crippen LogP contribution is -2.37. The Morgan fingerprint density at radius 3 is 2.86 bits per heavy atom. The zero-order valence-corrected chi connectivity index (χ0v) is 18.5. The van der Waals surface area contributed by atoms with Gasteiger partial charge < -0.3 is 10.1 Å². The Morgan fingerprint density at radius 2 is 2.14 bits per heavy atom. The van der Waals surface area contributed by atoms with Gasteiger partial charge in [-0.05, 0) is 37.1 Å². The van der Waals surface area contributed by atoms with Gasteiger partial charge in [0.25, 0.3) is 0 Å². The molecule has 0 spiro atoms. The second-order valence-corrected chi connectivity index (χ2v) is 10.5. The van der Waals surface area contributed by atoms with E-state index in [1.807, 2.05) is 17.5 Å². The zero-order chi connectivity index (χ0) is 20.1. The summed E-state index contributed by atoms with van der Waals surface area (Å²) >= 11 is 4.28. The van der Waals surface area contributed by atoms with Gasteiger partial charge in [0.1, 0.15) is 0 Å². The fourth-order valence-electron chi connectivity index (χ4n) is 3.86. The van der Waals surface area contributed by atoms with Gasteiger partial charge in [-0.2, -0.15) is 0 Å². The number of hydrogen-bond donors (Lipinski definition) is 2. The Hall–Kier alpha value is -1.49. The Balaban J connectivity index is 1.28. The van der Waals surface area contributed by atoms with Crippen LogP contribution in [0.3, 0.4) is 0 Å². The molecule has 10 heteroatoms. The second kappa shape index (κ2) is 9.55. The number of nitrogens with one attached hydrogen (secondary N) is 2. The highest BCUT2D eigenvalue weighted by molar-refractivity contribution is 8.01.